The van der Waals surface area contributed by atoms with Crippen LogP contribution in [0.15, 0.2) is 23.1 Å². The first-order chi connectivity index (χ1) is 8.95. The minimum Gasteiger partial charge on any atom is -0.495 e. The van der Waals surface area contributed by atoms with E-state index in [-0.39, 0.29) is 10.6 Å². The van der Waals surface area contributed by atoms with E-state index >= 15 is 0 Å². The summed E-state index contributed by atoms with van der Waals surface area (Å²) in [7, 11) is -0.104. The van der Waals surface area contributed by atoms with Crippen LogP contribution >= 0.6 is 11.6 Å². The zero-order valence-corrected chi connectivity index (χ0v) is 12.5. The van der Waals surface area contributed by atoms with E-state index in [0.29, 0.717) is 18.1 Å². The second-order valence-electron chi connectivity index (χ2n) is 4.50. The van der Waals surface area contributed by atoms with Gasteiger partial charge in [-0.15, -0.1) is 0 Å². The van der Waals surface area contributed by atoms with Gasteiger partial charge in [0.25, 0.3) is 0 Å². The van der Waals surface area contributed by atoms with Crippen molar-refractivity contribution in [2.24, 2.45) is 0 Å². The minimum absolute atomic E-state index is 0.170. The molecule has 1 aromatic carbocycles. The number of piperazine rings is 1. The van der Waals surface area contributed by atoms with Gasteiger partial charge in [0.05, 0.1) is 7.11 Å². The van der Waals surface area contributed by atoms with Crippen LogP contribution in [0.4, 0.5) is 0 Å². The molecule has 0 amide bonds. The van der Waals surface area contributed by atoms with Crippen LogP contribution in [0, 0.1) is 0 Å². The molecule has 2 rings (SSSR count). The van der Waals surface area contributed by atoms with Gasteiger partial charge in [-0.25, -0.2) is 8.42 Å². The molecule has 1 aliphatic rings. The quantitative estimate of drug-likeness (QED) is 0.844. The first kappa shape index (κ1) is 14.6. The number of benzene rings is 1. The van der Waals surface area contributed by atoms with Crippen molar-refractivity contribution in [2.45, 2.75) is 4.90 Å². The predicted molar refractivity (Wildman–Crippen MR) is 74.3 cm³/mol. The number of halogens is 1. The lowest BCUT2D eigenvalue weighted by Crippen LogP contribution is -2.47. The number of rotatable bonds is 3. The molecule has 0 aliphatic carbocycles. The van der Waals surface area contributed by atoms with Crippen LogP contribution in [0.1, 0.15) is 0 Å². The number of sulfonamides is 1. The highest BCUT2D eigenvalue weighted by Crippen LogP contribution is 2.29. The molecule has 0 radical (unpaired) electrons. The summed E-state index contributed by atoms with van der Waals surface area (Å²) in [6.07, 6.45) is 0. The molecule has 19 heavy (non-hydrogen) atoms. The lowest BCUT2D eigenvalue weighted by Gasteiger charge is -2.31. The molecule has 1 aromatic rings. The Hall–Kier alpha value is -0.820. The van der Waals surface area contributed by atoms with Crippen molar-refractivity contribution in [1.82, 2.24) is 9.21 Å². The zero-order valence-electron chi connectivity index (χ0n) is 11.0. The van der Waals surface area contributed by atoms with Crippen molar-refractivity contribution in [3.8, 4) is 5.75 Å². The fourth-order valence-electron chi connectivity index (χ4n) is 2.02. The number of nitrogens with zero attached hydrogens (tertiary/aromatic N) is 2. The Morgan fingerprint density at radius 1 is 1.21 bits per heavy atom. The van der Waals surface area contributed by atoms with Gasteiger partial charge >= 0.3 is 0 Å². The molecule has 1 aliphatic heterocycles. The Labute approximate surface area is 118 Å². The third-order valence-electron chi connectivity index (χ3n) is 3.21. The summed E-state index contributed by atoms with van der Waals surface area (Å²) in [4.78, 5) is 2.27. The molecule has 0 saturated carbocycles. The summed E-state index contributed by atoms with van der Waals surface area (Å²) >= 11 is 5.86. The molecule has 1 fully saturated rings. The van der Waals surface area contributed by atoms with Gasteiger partial charge in [-0.1, -0.05) is 11.6 Å². The third kappa shape index (κ3) is 3.02. The Balaban J connectivity index is 2.34. The van der Waals surface area contributed by atoms with Crippen molar-refractivity contribution >= 4 is 21.6 Å². The Morgan fingerprint density at radius 2 is 1.84 bits per heavy atom. The van der Waals surface area contributed by atoms with Gasteiger partial charge in [0, 0.05) is 37.3 Å². The second kappa shape index (κ2) is 5.66. The van der Waals surface area contributed by atoms with Crippen LogP contribution in [0.5, 0.6) is 5.75 Å². The van der Waals surface area contributed by atoms with Crippen molar-refractivity contribution in [3.63, 3.8) is 0 Å². The highest BCUT2D eigenvalue weighted by atomic mass is 35.5. The molecule has 0 unspecified atom stereocenters. The zero-order chi connectivity index (χ0) is 14.0. The molecular formula is C12H17ClN2O3S. The number of hydrogen-bond acceptors (Lipinski definition) is 4. The standard InChI is InChI=1S/C12H17ClN2O3S/c1-14-5-7-15(8-6-14)19(16,17)12-4-3-10(13)9-11(12)18-2/h3-4,9H,5-8H2,1-2H3. The normalized spacial score (nSPS) is 18.5. The van der Waals surface area contributed by atoms with Crippen LogP contribution in [-0.2, 0) is 10.0 Å². The summed E-state index contributed by atoms with van der Waals surface area (Å²) in [5, 5.41) is 0.453. The predicted octanol–water partition coefficient (Wildman–Crippen LogP) is 1.28. The first-order valence-corrected chi connectivity index (χ1v) is 7.79. The average Bonchev–Trinajstić information content (AvgIpc) is 2.38. The molecular weight excluding hydrogens is 288 g/mol. The molecule has 0 N–H and O–H groups in total. The largest absolute Gasteiger partial charge is 0.495 e. The Kier molecular flexibility index (Phi) is 4.35. The fraction of sp³-hybridized carbons (Fsp3) is 0.500. The van der Waals surface area contributed by atoms with E-state index in [4.69, 9.17) is 16.3 Å². The molecule has 0 spiro atoms. The van der Waals surface area contributed by atoms with Crippen LogP contribution in [-0.4, -0.2) is 58.0 Å². The van der Waals surface area contributed by atoms with Crippen molar-refractivity contribution in [1.29, 1.82) is 0 Å². The summed E-state index contributed by atoms with van der Waals surface area (Å²) in [6.45, 7) is 2.44. The highest BCUT2D eigenvalue weighted by Gasteiger charge is 2.29. The van der Waals surface area contributed by atoms with E-state index < -0.39 is 10.0 Å². The first-order valence-electron chi connectivity index (χ1n) is 5.97. The van der Waals surface area contributed by atoms with Crippen LogP contribution in [0.25, 0.3) is 0 Å². The van der Waals surface area contributed by atoms with E-state index in [9.17, 15) is 8.42 Å². The van der Waals surface area contributed by atoms with Crippen molar-refractivity contribution in [3.05, 3.63) is 23.2 Å². The molecule has 1 heterocycles. The van der Waals surface area contributed by atoms with Gasteiger partial charge in [0.15, 0.2) is 0 Å². The fourth-order valence-corrected chi connectivity index (χ4v) is 3.74. The lowest BCUT2D eigenvalue weighted by molar-refractivity contribution is 0.222. The molecule has 106 valence electrons. The average molecular weight is 305 g/mol. The van der Waals surface area contributed by atoms with Crippen LogP contribution in [0.3, 0.4) is 0 Å². The maximum atomic E-state index is 12.6. The number of hydrogen-bond donors (Lipinski definition) is 0. The highest BCUT2D eigenvalue weighted by molar-refractivity contribution is 7.89. The van der Waals surface area contributed by atoms with Gasteiger partial charge in [0.2, 0.25) is 10.0 Å². The van der Waals surface area contributed by atoms with Crippen LogP contribution < -0.4 is 4.74 Å². The van der Waals surface area contributed by atoms with E-state index in [1.807, 2.05) is 7.05 Å². The second-order valence-corrected chi connectivity index (χ2v) is 6.85. The molecule has 0 atom stereocenters. The molecule has 5 nitrogen and oxygen atoms in total. The SMILES string of the molecule is COc1cc(Cl)ccc1S(=O)(=O)N1CCN(C)CC1. The summed E-state index contributed by atoms with van der Waals surface area (Å²) in [6, 6.07) is 4.58. The lowest BCUT2D eigenvalue weighted by atomic mass is 10.3. The Bertz CT molecular complexity index is 554. The van der Waals surface area contributed by atoms with E-state index in [0.717, 1.165) is 13.1 Å². The molecule has 1 saturated heterocycles. The molecule has 0 aromatic heterocycles. The van der Waals surface area contributed by atoms with E-state index in [1.54, 1.807) is 6.07 Å². The molecule has 7 heteroatoms. The summed E-state index contributed by atoms with van der Waals surface area (Å²) in [5.74, 6) is 0.284. The van der Waals surface area contributed by atoms with Gasteiger partial charge in [-0.05, 0) is 19.2 Å². The van der Waals surface area contributed by atoms with Gasteiger partial charge in [-0.2, -0.15) is 4.31 Å². The number of likely N-dealkylation sites (N-methyl/N-ethyl adjacent to an activating group) is 1. The van der Waals surface area contributed by atoms with Gasteiger partial charge < -0.3 is 9.64 Å². The van der Waals surface area contributed by atoms with Crippen molar-refractivity contribution in [2.75, 3.05) is 40.3 Å². The maximum Gasteiger partial charge on any atom is 0.246 e. The summed E-state index contributed by atoms with van der Waals surface area (Å²) in [5.41, 5.74) is 0. The number of methoxy groups -OCH3 is 1. The molecule has 0 bridgehead atoms. The Morgan fingerprint density at radius 3 is 2.42 bits per heavy atom. The smallest absolute Gasteiger partial charge is 0.246 e. The number of ether oxygens (including phenoxy) is 1. The van der Waals surface area contributed by atoms with Crippen molar-refractivity contribution < 1.29 is 13.2 Å². The van der Waals surface area contributed by atoms with Crippen LogP contribution in [0.2, 0.25) is 5.02 Å². The van der Waals surface area contributed by atoms with E-state index in [2.05, 4.69) is 4.90 Å². The minimum atomic E-state index is -3.52. The van der Waals surface area contributed by atoms with E-state index in [1.165, 1.54) is 23.5 Å². The third-order valence-corrected chi connectivity index (χ3v) is 5.38. The maximum absolute atomic E-state index is 12.6. The monoisotopic (exact) mass is 304 g/mol. The summed E-state index contributed by atoms with van der Waals surface area (Å²) < 4.78 is 31.7. The van der Waals surface area contributed by atoms with Gasteiger partial charge in [-0.3, -0.25) is 0 Å². The topological polar surface area (TPSA) is 49.9 Å². The van der Waals surface area contributed by atoms with Gasteiger partial charge in [0.1, 0.15) is 10.6 Å².